The van der Waals surface area contributed by atoms with Crippen molar-refractivity contribution < 1.29 is 45.8 Å². The summed E-state index contributed by atoms with van der Waals surface area (Å²) in [6.45, 7) is 2.70. The fraction of sp³-hybridized carbons (Fsp3) is 0.565. The van der Waals surface area contributed by atoms with E-state index < -0.39 is 32.6 Å². The van der Waals surface area contributed by atoms with Crippen molar-refractivity contribution in [2.24, 2.45) is 22.3 Å². The second kappa shape index (κ2) is 35.1. The number of Topliss-reactive ketones (excluding diaryl/α,β-unsaturated/α-hetero) is 2. The molecule has 0 unspecified atom stereocenters. The number of nitrogens with zero attached hydrogens (tertiary/aromatic N) is 6. The lowest BCUT2D eigenvalue weighted by Crippen LogP contribution is -2.47. The number of hydrogen-bond donors (Lipinski definition) is 4. The van der Waals surface area contributed by atoms with Gasteiger partial charge in [-0.2, -0.15) is 8.42 Å². The quantitative estimate of drug-likeness (QED) is 0.0106. The number of anilines is 1. The highest BCUT2D eigenvalue weighted by atomic mass is 32.3. The molecule has 0 radical (unpaired) electrons. The predicted octanol–water partition coefficient (Wildman–Crippen LogP) is 10.2. The Labute approximate surface area is 531 Å². The summed E-state index contributed by atoms with van der Waals surface area (Å²) in [5.41, 5.74) is 34.7. The minimum atomic E-state index is -4.88. The molecule has 4 amide bonds. The number of aryl methyl sites for hydroxylation is 1. The number of ether oxygens (including phenoxy) is 1. The first-order valence-electron chi connectivity index (χ1n) is 32.7. The molecule has 1 fully saturated rings. The Bertz CT molecular complexity index is 3070. The van der Waals surface area contributed by atoms with E-state index in [1.54, 1.807) is 19.0 Å². The lowest BCUT2D eigenvalue weighted by atomic mass is 9.51. The van der Waals surface area contributed by atoms with Crippen LogP contribution >= 0.6 is 0 Å². The van der Waals surface area contributed by atoms with Crippen molar-refractivity contribution in [3.8, 4) is 0 Å². The van der Waals surface area contributed by atoms with E-state index >= 15 is 0 Å². The number of likely N-dealkylation sites (N-methyl/N-ethyl adjacent to an activating group) is 2. The van der Waals surface area contributed by atoms with Gasteiger partial charge in [0.2, 0.25) is 23.6 Å². The van der Waals surface area contributed by atoms with E-state index in [0.29, 0.717) is 56.6 Å². The molecule has 1 heterocycles. The van der Waals surface area contributed by atoms with E-state index in [4.69, 9.17) is 21.9 Å². The van der Waals surface area contributed by atoms with Gasteiger partial charge in [0.15, 0.2) is 0 Å². The van der Waals surface area contributed by atoms with Crippen molar-refractivity contribution >= 4 is 51.1 Å². The van der Waals surface area contributed by atoms with Crippen LogP contribution in [0.1, 0.15) is 197 Å². The average molecular weight is 1260 g/mol. The molecule has 488 valence electrons. The molecule has 0 saturated carbocycles. The van der Waals surface area contributed by atoms with Crippen LogP contribution in [0.25, 0.3) is 10.4 Å². The molecule has 90 heavy (non-hydrogen) atoms. The molecular formula is C69H95FN10O9S. The highest BCUT2D eigenvalue weighted by Crippen LogP contribution is 2.61. The summed E-state index contributed by atoms with van der Waals surface area (Å²) in [4.78, 5) is 90.2. The summed E-state index contributed by atoms with van der Waals surface area (Å²) in [5.74, 6) is -0.782. The number of ketones is 2. The number of nitrogens with two attached hydrogens (primary N) is 3. The molecule has 0 spiro atoms. The molecule has 2 bridgehead atoms. The number of carbonyl (C=O) groups is 6. The van der Waals surface area contributed by atoms with Crippen molar-refractivity contribution in [3.63, 3.8) is 0 Å². The van der Waals surface area contributed by atoms with Crippen molar-refractivity contribution in [2.75, 3.05) is 71.9 Å². The number of rotatable bonds is 41. The lowest BCUT2D eigenvalue weighted by Gasteiger charge is -2.51. The van der Waals surface area contributed by atoms with Gasteiger partial charge < -0.3 is 42.0 Å². The Hall–Kier alpha value is -6.87. The smallest absolute Gasteiger partial charge is 0.332 e. The third kappa shape index (κ3) is 19.3. The molecule has 8 rings (SSSR count). The van der Waals surface area contributed by atoms with Gasteiger partial charge in [0.25, 0.3) is 0 Å². The number of carbonyl (C=O) groups excluding carboxylic acids is 6. The molecule has 7 N–H and O–H groups in total. The zero-order valence-electron chi connectivity index (χ0n) is 52.9. The van der Waals surface area contributed by atoms with Gasteiger partial charge in [-0.25, -0.2) is 0 Å². The largest absolute Gasteiger partial charge is 0.378 e. The maximum absolute atomic E-state index is 14.7. The molecule has 4 aromatic rings. The van der Waals surface area contributed by atoms with Gasteiger partial charge in [0.05, 0.1) is 24.2 Å². The molecular weight excluding hydrogens is 1160 g/mol. The predicted molar refractivity (Wildman–Crippen MR) is 348 cm³/mol. The average Bonchev–Trinajstić information content (AvgIpc) is 0.732. The van der Waals surface area contributed by atoms with E-state index in [9.17, 15) is 46.6 Å². The number of amides is 4. The Kier molecular flexibility index (Phi) is 27.5. The number of halogens is 1. The molecule has 21 heteroatoms. The molecule has 1 saturated heterocycles. The van der Waals surface area contributed by atoms with Crippen molar-refractivity contribution in [1.82, 2.24) is 14.7 Å². The SMILES string of the molecule is CN(CCOCCN(C)C(=O)[C@@H]1C[C@H](N=[N+]=[N-])CN1C(=O)CCc1ccc(S(=O)(=O)F)cc1)C(=O)CCC12c3cc(CC(=O)CCCCCCCN)ccc3C(c3ccc(CC(=O)CCCCCCCN)cc31)c1ccc(NC(=O)CCCCCCCN)cc12. The monoisotopic (exact) mass is 1260 g/mol. The molecule has 0 aromatic heterocycles. The van der Waals surface area contributed by atoms with Crippen LogP contribution in [0.3, 0.4) is 0 Å². The van der Waals surface area contributed by atoms with Crippen LogP contribution in [0.2, 0.25) is 0 Å². The zero-order chi connectivity index (χ0) is 64.6. The first-order valence-corrected chi connectivity index (χ1v) is 34.1. The number of benzene rings is 4. The Morgan fingerprint density at radius 1 is 0.644 bits per heavy atom. The van der Waals surface area contributed by atoms with Crippen LogP contribution in [0.5, 0.6) is 0 Å². The standard InChI is InChI=1S/C69H95FN10O9S/c1-78(38-40-89-41-39-79(2)68(86)63-47-53(76-77-74)48-80(63)66(85)32-25-49-21-27-56(28-22-49)90(70,87)88)65(84)33-34-69-60-44-50(42-54(81)18-12-6-3-9-15-35-71)23-29-57(60)67(58-30-24-51(45-61(58)69)43-55(82)19-13-7-4-10-16-36-72)59-31-26-52(46-62(59)69)75-64(83)20-14-8-5-11-17-37-73/h21-24,26-31,44-46,53,63,67H,3-20,25,32-43,47-48,71-73H2,1-2H3,(H,75,83)/t53-,63-,67?,69?/m0/s1. The summed E-state index contributed by atoms with van der Waals surface area (Å²) >= 11 is 0. The van der Waals surface area contributed by atoms with Gasteiger partial charge in [-0.05, 0) is 157 Å². The number of nitrogens with one attached hydrogen (secondary N) is 1. The molecule has 2 atom stereocenters. The van der Waals surface area contributed by atoms with Gasteiger partial charge in [-0.3, -0.25) is 28.8 Å². The second-order valence-electron chi connectivity index (χ2n) is 24.8. The highest BCUT2D eigenvalue weighted by Gasteiger charge is 2.52. The Morgan fingerprint density at radius 2 is 1.13 bits per heavy atom. The Morgan fingerprint density at radius 3 is 1.67 bits per heavy atom. The summed E-state index contributed by atoms with van der Waals surface area (Å²) in [6, 6.07) is 22.6. The number of likely N-dealkylation sites (tertiary alicyclic amines) is 1. The van der Waals surface area contributed by atoms with Gasteiger partial charge in [0.1, 0.15) is 17.6 Å². The Balaban J connectivity index is 1.08. The maximum atomic E-state index is 14.7. The van der Waals surface area contributed by atoms with Crippen molar-refractivity contribution in [1.29, 1.82) is 0 Å². The fourth-order valence-corrected chi connectivity index (χ4v) is 13.7. The molecule has 19 nitrogen and oxygen atoms in total. The third-order valence-electron chi connectivity index (χ3n) is 18.2. The lowest BCUT2D eigenvalue weighted by molar-refractivity contribution is -0.143. The second-order valence-corrected chi connectivity index (χ2v) is 26.2. The normalized spacial score (nSPS) is 17.0. The van der Waals surface area contributed by atoms with Gasteiger partial charge >= 0.3 is 10.2 Å². The van der Waals surface area contributed by atoms with Gasteiger partial charge in [-0.15, -0.1) is 3.89 Å². The summed E-state index contributed by atoms with van der Waals surface area (Å²) in [6.07, 6.45) is 17.0. The topological polar surface area (TPSA) is 294 Å². The van der Waals surface area contributed by atoms with Crippen LogP contribution in [-0.2, 0) is 68.4 Å². The number of hydrogen-bond acceptors (Lipinski definition) is 13. The van der Waals surface area contributed by atoms with Crippen LogP contribution < -0.4 is 22.5 Å². The van der Waals surface area contributed by atoms with E-state index in [-0.39, 0.29) is 112 Å². The minimum Gasteiger partial charge on any atom is -0.378 e. The maximum Gasteiger partial charge on any atom is 0.332 e. The summed E-state index contributed by atoms with van der Waals surface area (Å²) in [7, 11) is -1.54. The van der Waals surface area contributed by atoms with E-state index in [1.807, 2.05) is 6.07 Å². The molecule has 4 aliphatic rings. The van der Waals surface area contributed by atoms with Crippen LogP contribution in [0, 0.1) is 0 Å². The van der Waals surface area contributed by atoms with Crippen molar-refractivity contribution in [2.45, 2.75) is 189 Å². The molecule has 4 aromatic carbocycles. The third-order valence-corrected chi connectivity index (χ3v) is 19.0. The van der Waals surface area contributed by atoms with E-state index in [1.165, 1.54) is 21.9 Å². The van der Waals surface area contributed by atoms with Gasteiger partial charge in [0, 0.05) is 101 Å². The minimum absolute atomic E-state index is 0.0271. The van der Waals surface area contributed by atoms with Crippen LogP contribution in [0.4, 0.5) is 9.57 Å². The highest BCUT2D eigenvalue weighted by molar-refractivity contribution is 7.86. The van der Waals surface area contributed by atoms with E-state index in [0.717, 1.165) is 153 Å². The first-order chi connectivity index (χ1) is 43.4. The van der Waals surface area contributed by atoms with Crippen LogP contribution in [-0.4, -0.2) is 137 Å². The summed E-state index contributed by atoms with van der Waals surface area (Å²) < 4.78 is 42.1. The number of unbranched alkanes of at least 4 members (excludes halogenated alkanes) is 12. The van der Waals surface area contributed by atoms with E-state index in [2.05, 4.69) is 63.9 Å². The van der Waals surface area contributed by atoms with Crippen LogP contribution in [0.15, 0.2) is 88.9 Å². The summed E-state index contributed by atoms with van der Waals surface area (Å²) in [5, 5.41) is 7.02. The molecule has 1 aliphatic heterocycles. The van der Waals surface area contributed by atoms with Crippen molar-refractivity contribution in [3.05, 3.63) is 139 Å². The molecule has 3 aliphatic carbocycles. The van der Waals surface area contributed by atoms with Gasteiger partial charge in [-0.1, -0.05) is 117 Å². The zero-order valence-corrected chi connectivity index (χ0v) is 53.8. The fourth-order valence-electron chi connectivity index (χ4n) is 13.2. The first kappa shape index (κ1) is 70.6. The number of azide groups is 1.